The van der Waals surface area contributed by atoms with Crippen LogP contribution in [0.3, 0.4) is 0 Å². The Morgan fingerprint density at radius 2 is 2.26 bits per heavy atom. The molecule has 2 nitrogen and oxygen atoms in total. The van der Waals surface area contributed by atoms with Gasteiger partial charge in [0.25, 0.3) is 0 Å². The second kappa shape index (κ2) is 6.33. The van der Waals surface area contributed by atoms with Crippen LogP contribution >= 0.6 is 12.2 Å². The van der Waals surface area contributed by atoms with E-state index in [0.29, 0.717) is 11.5 Å². The molecule has 104 valence electrons. The fraction of sp³-hybridized carbons (Fsp3) is 0.533. The van der Waals surface area contributed by atoms with Gasteiger partial charge in [-0.3, -0.25) is 0 Å². The third-order valence-electron chi connectivity index (χ3n) is 3.87. The van der Waals surface area contributed by atoms with E-state index in [1.165, 1.54) is 31.7 Å². The standard InChI is InChI=1S/C15H21FN2S/c1-10-3-2-4-11(7-10)9-18-12-5-6-13(15(17)19)14(16)8-12/h5-6,8,10-11,18H,2-4,7,9H2,1H3,(H2,17,19). The van der Waals surface area contributed by atoms with Crippen LogP contribution in [0.4, 0.5) is 10.1 Å². The molecule has 4 heteroatoms. The molecule has 1 aromatic rings. The topological polar surface area (TPSA) is 38.0 Å². The highest BCUT2D eigenvalue weighted by Gasteiger charge is 2.18. The first-order valence-electron chi connectivity index (χ1n) is 6.89. The average Bonchev–Trinajstić information content (AvgIpc) is 2.36. The number of anilines is 1. The summed E-state index contributed by atoms with van der Waals surface area (Å²) in [6.07, 6.45) is 5.18. The molecule has 0 radical (unpaired) electrons. The zero-order valence-electron chi connectivity index (χ0n) is 11.3. The lowest BCUT2D eigenvalue weighted by Crippen LogP contribution is -2.21. The van der Waals surface area contributed by atoms with Gasteiger partial charge in [0.1, 0.15) is 10.8 Å². The third-order valence-corrected chi connectivity index (χ3v) is 4.09. The Kier molecular flexibility index (Phi) is 4.75. The maximum absolute atomic E-state index is 13.7. The molecule has 0 saturated heterocycles. The van der Waals surface area contributed by atoms with Crippen molar-refractivity contribution in [2.45, 2.75) is 32.6 Å². The van der Waals surface area contributed by atoms with Gasteiger partial charge in [0, 0.05) is 17.8 Å². The Balaban J connectivity index is 1.92. The molecule has 1 saturated carbocycles. The van der Waals surface area contributed by atoms with Crippen molar-refractivity contribution in [3.05, 3.63) is 29.6 Å². The summed E-state index contributed by atoms with van der Waals surface area (Å²) in [5.74, 6) is 1.16. The maximum Gasteiger partial charge on any atom is 0.135 e. The molecule has 19 heavy (non-hydrogen) atoms. The molecule has 0 amide bonds. The van der Waals surface area contributed by atoms with Crippen LogP contribution in [-0.2, 0) is 0 Å². The summed E-state index contributed by atoms with van der Waals surface area (Å²) in [7, 11) is 0. The summed E-state index contributed by atoms with van der Waals surface area (Å²) in [5, 5.41) is 3.32. The summed E-state index contributed by atoms with van der Waals surface area (Å²) >= 11 is 4.79. The van der Waals surface area contributed by atoms with E-state index >= 15 is 0 Å². The summed E-state index contributed by atoms with van der Waals surface area (Å²) in [6, 6.07) is 4.95. The highest BCUT2D eigenvalue weighted by Crippen LogP contribution is 2.28. The van der Waals surface area contributed by atoms with Gasteiger partial charge in [-0.15, -0.1) is 0 Å². The van der Waals surface area contributed by atoms with Crippen molar-refractivity contribution >= 4 is 22.9 Å². The van der Waals surface area contributed by atoms with Crippen molar-refractivity contribution < 1.29 is 4.39 Å². The lowest BCUT2D eigenvalue weighted by atomic mass is 9.82. The van der Waals surface area contributed by atoms with Crippen LogP contribution in [0.15, 0.2) is 18.2 Å². The van der Waals surface area contributed by atoms with Gasteiger partial charge in [-0.25, -0.2) is 4.39 Å². The van der Waals surface area contributed by atoms with Crippen LogP contribution in [0.1, 0.15) is 38.2 Å². The molecule has 1 aliphatic carbocycles. The number of rotatable bonds is 4. The van der Waals surface area contributed by atoms with Crippen LogP contribution in [0.5, 0.6) is 0 Å². The molecule has 2 rings (SSSR count). The third kappa shape index (κ3) is 3.90. The fourth-order valence-electron chi connectivity index (χ4n) is 2.83. The summed E-state index contributed by atoms with van der Waals surface area (Å²) < 4.78 is 13.7. The first kappa shape index (κ1) is 14.3. The molecule has 3 N–H and O–H groups in total. The highest BCUT2D eigenvalue weighted by atomic mass is 32.1. The van der Waals surface area contributed by atoms with Gasteiger partial charge in [0.15, 0.2) is 0 Å². The van der Waals surface area contributed by atoms with Gasteiger partial charge >= 0.3 is 0 Å². The Bertz CT molecular complexity index is 461. The summed E-state index contributed by atoms with van der Waals surface area (Å²) in [5.41, 5.74) is 6.56. The molecule has 1 aromatic carbocycles. The zero-order chi connectivity index (χ0) is 13.8. The monoisotopic (exact) mass is 280 g/mol. The van der Waals surface area contributed by atoms with E-state index in [1.807, 2.05) is 6.07 Å². The molecular weight excluding hydrogens is 259 g/mol. The zero-order valence-corrected chi connectivity index (χ0v) is 12.1. The van der Waals surface area contributed by atoms with E-state index in [1.54, 1.807) is 6.07 Å². The maximum atomic E-state index is 13.7. The highest BCUT2D eigenvalue weighted by molar-refractivity contribution is 7.80. The molecule has 2 atom stereocenters. The molecule has 0 aromatic heterocycles. The minimum Gasteiger partial charge on any atom is -0.389 e. The van der Waals surface area contributed by atoms with Crippen LogP contribution in [-0.4, -0.2) is 11.5 Å². The Morgan fingerprint density at radius 1 is 1.47 bits per heavy atom. The minimum absolute atomic E-state index is 0.102. The number of hydrogen-bond acceptors (Lipinski definition) is 2. The minimum atomic E-state index is -0.352. The molecule has 2 unspecified atom stereocenters. The molecule has 0 heterocycles. The van der Waals surface area contributed by atoms with Crippen LogP contribution < -0.4 is 11.1 Å². The first-order valence-corrected chi connectivity index (χ1v) is 7.30. The molecule has 1 aliphatic rings. The van der Waals surface area contributed by atoms with Gasteiger partial charge in [-0.1, -0.05) is 32.0 Å². The van der Waals surface area contributed by atoms with Crippen LogP contribution in [0.25, 0.3) is 0 Å². The second-order valence-corrected chi connectivity index (χ2v) is 6.02. The molecule has 1 fully saturated rings. The number of halogens is 1. The van der Waals surface area contributed by atoms with Crippen molar-refractivity contribution in [3.8, 4) is 0 Å². The van der Waals surface area contributed by atoms with E-state index in [4.69, 9.17) is 18.0 Å². The Labute approximate surface area is 119 Å². The van der Waals surface area contributed by atoms with E-state index in [9.17, 15) is 4.39 Å². The van der Waals surface area contributed by atoms with E-state index in [-0.39, 0.29) is 10.8 Å². The predicted molar refractivity (Wildman–Crippen MR) is 81.9 cm³/mol. The quantitative estimate of drug-likeness (QED) is 0.826. The number of hydrogen-bond donors (Lipinski definition) is 2. The van der Waals surface area contributed by atoms with Crippen molar-refractivity contribution in [2.75, 3.05) is 11.9 Å². The SMILES string of the molecule is CC1CCCC(CNc2ccc(C(N)=S)c(F)c2)C1. The lowest BCUT2D eigenvalue weighted by Gasteiger charge is -2.27. The van der Waals surface area contributed by atoms with Crippen molar-refractivity contribution in [1.82, 2.24) is 0 Å². The Morgan fingerprint density at radius 3 is 2.89 bits per heavy atom. The molecule has 0 aliphatic heterocycles. The average molecular weight is 280 g/mol. The van der Waals surface area contributed by atoms with Gasteiger partial charge in [0.05, 0.1) is 0 Å². The van der Waals surface area contributed by atoms with E-state index in [0.717, 1.165) is 18.2 Å². The van der Waals surface area contributed by atoms with Crippen molar-refractivity contribution in [3.63, 3.8) is 0 Å². The largest absolute Gasteiger partial charge is 0.389 e. The number of nitrogens with two attached hydrogens (primary N) is 1. The van der Waals surface area contributed by atoms with Gasteiger partial charge < -0.3 is 11.1 Å². The van der Waals surface area contributed by atoms with E-state index in [2.05, 4.69) is 12.2 Å². The lowest BCUT2D eigenvalue weighted by molar-refractivity contribution is 0.293. The predicted octanol–water partition coefficient (Wildman–Crippen LogP) is 3.70. The van der Waals surface area contributed by atoms with Gasteiger partial charge in [-0.05, 0) is 42.9 Å². The Hall–Kier alpha value is -1.16. The summed E-state index contributed by atoms with van der Waals surface area (Å²) in [4.78, 5) is 0.102. The fourth-order valence-corrected chi connectivity index (χ4v) is 3.00. The van der Waals surface area contributed by atoms with Gasteiger partial charge in [0.2, 0.25) is 0 Å². The molecular formula is C15H21FN2S. The van der Waals surface area contributed by atoms with Crippen LogP contribution in [0, 0.1) is 17.7 Å². The number of thiocarbonyl (C=S) groups is 1. The number of benzene rings is 1. The molecule has 0 bridgehead atoms. The molecule has 0 spiro atoms. The number of nitrogens with one attached hydrogen (secondary N) is 1. The van der Waals surface area contributed by atoms with Crippen molar-refractivity contribution in [1.29, 1.82) is 0 Å². The summed E-state index contributed by atoms with van der Waals surface area (Å²) in [6.45, 7) is 3.22. The van der Waals surface area contributed by atoms with Gasteiger partial charge in [-0.2, -0.15) is 0 Å². The second-order valence-electron chi connectivity index (χ2n) is 5.58. The smallest absolute Gasteiger partial charge is 0.135 e. The normalized spacial score (nSPS) is 23.1. The van der Waals surface area contributed by atoms with Crippen molar-refractivity contribution in [2.24, 2.45) is 17.6 Å². The van der Waals surface area contributed by atoms with E-state index < -0.39 is 0 Å². The van der Waals surface area contributed by atoms with Crippen LogP contribution in [0.2, 0.25) is 0 Å². The first-order chi connectivity index (χ1) is 9.06.